The predicted molar refractivity (Wildman–Crippen MR) is 157 cm³/mol. The van der Waals surface area contributed by atoms with Crippen LogP contribution in [-0.4, -0.2) is 44.6 Å². The molecule has 0 saturated carbocycles. The van der Waals surface area contributed by atoms with E-state index in [2.05, 4.69) is 10.0 Å². The number of benzene rings is 3. The van der Waals surface area contributed by atoms with Crippen molar-refractivity contribution < 1.29 is 35.9 Å². The highest BCUT2D eigenvalue weighted by Gasteiger charge is 2.30. The van der Waals surface area contributed by atoms with E-state index in [1.165, 1.54) is 32.2 Å². The third-order valence-electron chi connectivity index (χ3n) is 7.07. The minimum Gasteiger partial charge on any atom is -0.496 e. The Morgan fingerprint density at radius 2 is 1.65 bits per heavy atom. The highest BCUT2D eigenvalue weighted by molar-refractivity contribution is 7.90. The summed E-state index contributed by atoms with van der Waals surface area (Å²) < 4.78 is 73.0. The lowest BCUT2D eigenvalue weighted by atomic mass is 10.0. The highest BCUT2D eigenvalue weighted by Crippen LogP contribution is 2.29. The summed E-state index contributed by atoms with van der Waals surface area (Å²) in [6.45, 7) is 2.96. The van der Waals surface area contributed by atoms with E-state index in [-0.39, 0.29) is 17.0 Å². The summed E-state index contributed by atoms with van der Waals surface area (Å²) in [5.41, 5.74) is 3.30. The summed E-state index contributed by atoms with van der Waals surface area (Å²) in [6.07, 6.45) is -3.03. The molecule has 1 unspecified atom stereocenters. The number of alkyl halides is 3. The van der Waals surface area contributed by atoms with Crippen LogP contribution in [0.4, 0.5) is 13.2 Å². The smallest absolute Gasteiger partial charge is 0.389 e. The van der Waals surface area contributed by atoms with Crippen molar-refractivity contribution in [1.29, 1.82) is 0 Å². The fraction of sp³-hybridized carbons (Fsp3) is 0.290. The number of rotatable bonds is 10. The van der Waals surface area contributed by atoms with E-state index in [0.29, 0.717) is 28.9 Å². The summed E-state index contributed by atoms with van der Waals surface area (Å²) in [6, 6.07) is 16.1. The topological polar surface area (TPSA) is 106 Å². The lowest BCUT2D eigenvalue weighted by Crippen LogP contribution is -2.31. The second-order valence-electron chi connectivity index (χ2n) is 10.5. The maximum atomic E-state index is 12.9. The van der Waals surface area contributed by atoms with Gasteiger partial charge in [-0.05, 0) is 65.9 Å². The molecule has 2 amide bonds. The molecule has 0 spiro atoms. The van der Waals surface area contributed by atoms with Gasteiger partial charge >= 0.3 is 6.18 Å². The Kier molecular flexibility index (Phi) is 9.19. The van der Waals surface area contributed by atoms with Crippen LogP contribution in [0.2, 0.25) is 0 Å². The molecular weight excluding hydrogens is 583 g/mol. The van der Waals surface area contributed by atoms with Gasteiger partial charge in [0.2, 0.25) is 0 Å². The van der Waals surface area contributed by atoms with Crippen molar-refractivity contribution in [3.8, 4) is 5.75 Å². The van der Waals surface area contributed by atoms with Gasteiger partial charge in [0.15, 0.2) is 0 Å². The summed E-state index contributed by atoms with van der Waals surface area (Å²) in [5, 5.41) is 3.35. The molecule has 0 aliphatic heterocycles. The largest absolute Gasteiger partial charge is 0.496 e. The summed E-state index contributed by atoms with van der Waals surface area (Å²) in [7, 11) is -0.801. The van der Waals surface area contributed by atoms with Crippen LogP contribution in [0.15, 0.2) is 71.8 Å². The third-order valence-corrected chi connectivity index (χ3v) is 8.56. The molecular formula is C31H32F3N3O5S. The summed E-state index contributed by atoms with van der Waals surface area (Å²) in [4.78, 5) is 25.6. The van der Waals surface area contributed by atoms with E-state index >= 15 is 0 Å². The number of amides is 2. The van der Waals surface area contributed by atoms with E-state index in [0.717, 1.165) is 16.5 Å². The van der Waals surface area contributed by atoms with Crippen LogP contribution in [0.5, 0.6) is 5.75 Å². The van der Waals surface area contributed by atoms with Gasteiger partial charge in [0.1, 0.15) is 5.75 Å². The fourth-order valence-electron chi connectivity index (χ4n) is 4.92. The highest BCUT2D eigenvalue weighted by atomic mass is 32.2. The number of hydrogen-bond donors (Lipinski definition) is 2. The quantitative estimate of drug-likeness (QED) is 0.244. The van der Waals surface area contributed by atoms with E-state index in [1.54, 1.807) is 49.4 Å². The van der Waals surface area contributed by atoms with Crippen molar-refractivity contribution in [1.82, 2.24) is 14.6 Å². The molecule has 1 heterocycles. The maximum Gasteiger partial charge on any atom is 0.389 e. The molecule has 1 atom stereocenters. The zero-order chi connectivity index (χ0) is 31.5. The summed E-state index contributed by atoms with van der Waals surface area (Å²) in [5.74, 6) is -1.68. The van der Waals surface area contributed by atoms with Gasteiger partial charge in [0, 0.05) is 54.7 Å². The number of aromatic nitrogens is 1. The Bertz CT molecular complexity index is 1780. The number of carbonyl (C=O) groups is 2. The van der Waals surface area contributed by atoms with Crippen molar-refractivity contribution in [3.05, 3.63) is 94.7 Å². The molecule has 0 radical (unpaired) electrons. The molecule has 0 aliphatic rings. The van der Waals surface area contributed by atoms with Crippen molar-refractivity contribution in [2.45, 2.75) is 37.8 Å². The molecule has 1 aromatic heterocycles. The van der Waals surface area contributed by atoms with Crippen LogP contribution < -0.4 is 14.8 Å². The average Bonchev–Trinajstić information content (AvgIpc) is 3.24. The lowest BCUT2D eigenvalue weighted by Gasteiger charge is -2.15. The van der Waals surface area contributed by atoms with Crippen LogP contribution in [0.25, 0.3) is 10.9 Å². The number of ether oxygens (including phenoxy) is 1. The van der Waals surface area contributed by atoms with Gasteiger partial charge in [0.05, 0.1) is 12.0 Å². The van der Waals surface area contributed by atoms with Crippen molar-refractivity contribution in [2.24, 2.45) is 13.0 Å². The third kappa shape index (κ3) is 7.56. The first-order valence-electron chi connectivity index (χ1n) is 13.4. The van der Waals surface area contributed by atoms with Gasteiger partial charge in [-0.15, -0.1) is 0 Å². The number of aryl methyl sites for hydroxylation is 2. The number of fused-ring (bicyclic) bond motifs is 1. The number of carbonyl (C=O) groups excluding carboxylic acids is 2. The van der Waals surface area contributed by atoms with E-state index in [1.807, 2.05) is 17.8 Å². The Labute approximate surface area is 247 Å². The van der Waals surface area contributed by atoms with Crippen LogP contribution >= 0.6 is 0 Å². The Morgan fingerprint density at radius 1 is 0.977 bits per heavy atom. The first kappa shape index (κ1) is 31.6. The molecule has 0 bridgehead atoms. The molecule has 2 N–H and O–H groups in total. The van der Waals surface area contributed by atoms with Crippen LogP contribution in [0.3, 0.4) is 0 Å². The molecule has 43 heavy (non-hydrogen) atoms. The van der Waals surface area contributed by atoms with Crippen LogP contribution in [-0.2, 0) is 23.5 Å². The number of hydrogen-bond acceptors (Lipinski definition) is 5. The second kappa shape index (κ2) is 12.5. The van der Waals surface area contributed by atoms with Gasteiger partial charge in [-0.3, -0.25) is 9.59 Å². The Balaban J connectivity index is 1.54. The standard InChI is InChI=1S/C31H32F3N3O5S/c1-19(16-31(32,33)34)17-35-29(38)22-11-12-26-25(14-22)24(18-37(26)3)13-21-9-10-23(15-27(21)42-4)30(39)36-43(40,41)28-8-6-5-7-20(28)2/h5-12,14-15,18-19H,13,16-17H2,1-4H3,(H,35,38)(H,36,39). The first-order valence-corrected chi connectivity index (χ1v) is 14.9. The number of nitrogens with zero attached hydrogens (tertiary/aromatic N) is 1. The van der Waals surface area contributed by atoms with E-state index in [4.69, 9.17) is 4.74 Å². The maximum absolute atomic E-state index is 12.9. The lowest BCUT2D eigenvalue weighted by molar-refractivity contribution is -0.142. The van der Waals surface area contributed by atoms with Crippen molar-refractivity contribution in [3.63, 3.8) is 0 Å². The van der Waals surface area contributed by atoms with Gasteiger partial charge in [-0.2, -0.15) is 13.2 Å². The molecule has 8 nitrogen and oxygen atoms in total. The molecule has 12 heteroatoms. The molecule has 4 aromatic rings. The monoisotopic (exact) mass is 615 g/mol. The fourth-order valence-corrected chi connectivity index (χ4v) is 6.14. The van der Waals surface area contributed by atoms with Crippen molar-refractivity contribution >= 4 is 32.7 Å². The van der Waals surface area contributed by atoms with Gasteiger partial charge < -0.3 is 14.6 Å². The predicted octanol–water partition coefficient (Wildman–Crippen LogP) is 5.52. The molecule has 3 aromatic carbocycles. The van der Waals surface area contributed by atoms with Crippen LogP contribution in [0.1, 0.15) is 50.8 Å². The van der Waals surface area contributed by atoms with Gasteiger partial charge in [0.25, 0.3) is 21.8 Å². The number of halogens is 3. The Hall–Kier alpha value is -4.32. The number of sulfonamides is 1. The molecule has 4 rings (SSSR count). The van der Waals surface area contributed by atoms with Gasteiger partial charge in [-0.1, -0.05) is 31.2 Å². The molecule has 228 valence electrons. The molecule has 0 aliphatic carbocycles. The average molecular weight is 616 g/mol. The number of methoxy groups -OCH3 is 1. The minimum atomic E-state index is -4.30. The number of nitrogens with one attached hydrogen (secondary N) is 2. The Morgan fingerprint density at radius 3 is 2.33 bits per heavy atom. The minimum absolute atomic E-state index is 0.00626. The van der Waals surface area contributed by atoms with E-state index in [9.17, 15) is 31.2 Å². The van der Waals surface area contributed by atoms with Gasteiger partial charge in [-0.25, -0.2) is 13.1 Å². The normalized spacial score (nSPS) is 12.6. The first-order chi connectivity index (χ1) is 20.2. The molecule has 0 saturated heterocycles. The zero-order valence-corrected chi connectivity index (χ0v) is 24.9. The van der Waals surface area contributed by atoms with E-state index < -0.39 is 40.4 Å². The molecule has 0 fully saturated rings. The van der Waals surface area contributed by atoms with Crippen molar-refractivity contribution in [2.75, 3.05) is 13.7 Å². The zero-order valence-electron chi connectivity index (χ0n) is 24.1. The SMILES string of the molecule is COc1cc(C(=O)NS(=O)(=O)c2ccccc2C)ccc1Cc1cn(C)c2ccc(C(=O)NCC(C)CC(F)(F)F)cc12. The summed E-state index contributed by atoms with van der Waals surface area (Å²) >= 11 is 0. The second-order valence-corrected chi connectivity index (χ2v) is 12.2. The van der Waals surface area contributed by atoms with Crippen LogP contribution in [0, 0.1) is 12.8 Å².